The lowest BCUT2D eigenvalue weighted by Crippen LogP contribution is -1.62. The molecule has 0 aliphatic rings. The molecule has 2 heteroatoms. The summed E-state index contributed by atoms with van der Waals surface area (Å²) in [5.74, 6) is 0. The monoisotopic (exact) mass is 182 g/mol. The number of thioether (sulfide) groups is 1. The standard InChI is InChI=1S/C9H7ClS/c10-7-4-8-11-9-5-2-1-3-6-9/h1-3,5-8H. The molecule has 0 radical (unpaired) electrons. The topological polar surface area (TPSA) is 0 Å². The third kappa shape index (κ3) is 3.33. The van der Waals surface area contributed by atoms with Gasteiger partial charge in [-0.2, -0.15) is 0 Å². The van der Waals surface area contributed by atoms with Crippen LogP contribution in [0.2, 0.25) is 0 Å². The van der Waals surface area contributed by atoms with Gasteiger partial charge >= 0.3 is 0 Å². The quantitative estimate of drug-likeness (QED) is 0.497. The molecule has 0 N–H and O–H groups in total. The van der Waals surface area contributed by atoms with Crippen LogP contribution < -0.4 is 0 Å². The minimum atomic E-state index is 1.19. The summed E-state index contributed by atoms with van der Waals surface area (Å²) in [6.07, 6.45) is 0. The van der Waals surface area contributed by atoms with E-state index in [1.807, 2.05) is 35.7 Å². The van der Waals surface area contributed by atoms with Gasteiger partial charge in [-0.1, -0.05) is 41.6 Å². The maximum Gasteiger partial charge on any atom is 0.0468 e. The van der Waals surface area contributed by atoms with E-state index in [-0.39, 0.29) is 0 Å². The molecule has 1 aromatic carbocycles. The molecule has 0 saturated carbocycles. The molecule has 0 nitrogen and oxygen atoms in total. The Balaban J connectivity index is 2.59. The summed E-state index contributed by atoms with van der Waals surface area (Å²) in [5.41, 5.74) is 4.15. The smallest absolute Gasteiger partial charge is 0.0468 e. The van der Waals surface area contributed by atoms with Gasteiger partial charge in [0.15, 0.2) is 0 Å². The van der Waals surface area contributed by atoms with Crippen molar-refractivity contribution in [1.29, 1.82) is 0 Å². The SMILES string of the molecule is ClC=C=CSc1ccccc1. The third-order valence-corrected chi connectivity index (χ3v) is 1.99. The highest BCUT2D eigenvalue weighted by molar-refractivity contribution is 8.02. The van der Waals surface area contributed by atoms with Crippen LogP contribution in [0.1, 0.15) is 0 Å². The van der Waals surface area contributed by atoms with Gasteiger partial charge in [-0.05, 0) is 12.1 Å². The van der Waals surface area contributed by atoms with Gasteiger partial charge < -0.3 is 0 Å². The molecule has 0 aromatic heterocycles. The van der Waals surface area contributed by atoms with E-state index in [9.17, 15) is 0 Å². The molecule has 0 heterocycles. The lowest BCUT2D eigenvalue weighted by Gasteiger charge is -1.90. The highest BCUT2D eigenvalue weighted by Gasteiger charge is 1.83. The molecule has 56 valence electrons. The summed E-state index contributed by atoms with van der Waals surface area (Å²) in [6, 6.07) is 10.1. The van der Waals surface area contributed by atoms with Crippen LogP contribution in [0.4, 0.5) is 0 Å². The normalized spacial score (nSPS) is 8.45. The van der Waals surface area contributed by atoms with Gasteiger partial charge in [0.1, 0.15) is 0 Å². The van der Waals surface area contributed by atoms with Gasteiger partial charge in [0.05, 0.1) is 0 Å². The number of hydrogen-bond donors (Lipinski definition) is 0. The first-order valence-electron chi connectivity index (χ1n) is 3.15. The van der Waals surface area contributed by atoms with Gasteiger partial charge in [0.2, 0.25) is 0 Å². The Kier molecular flexibility index (Phi) is 3.92. The van der Waals surface area contributed by atoms with E-state index in [1.165, 1.54) is 10.4 Å². The molecule has 1 aromatic rings. The van der Waals surface area contributed by atoms with Gasteiger partial charge in [-0.3, -0.25) is 0 Å². The second-order valence-corrected chi connectivity index (χ2v) is 2.99. The number of halogens is 1. The van der Waals surface area contributed by atoms with Crippen molar-refractivity contribution in [3.8, 4) is 0 Å². The first-order chi connectivity index (χ1) is 5.43. The van der Waals surface area contributed by atoms with Gasteiger partial charge in [0, 0.05) is 15.8 Å². The van der Waals surface area contributed by atoms with Crippen LogP contribution in [-0.4, -0.2) is 0 Å². The fourth-order valence-corrected chi connectivity index (χ4v) is 1.35. The zero-order valence-electron chi connectivity index (χ0n) is 5.83. The minimum Gasteiger partial charge on any atom is -0.101 e. The van der Waals surface area contributed by atoms with Crippen molar-refractivity contribution < 1.29 is 0 Å². The number of benzene rings is 1. The molecule has 0 bridgehead atoms. The second kappa shape index (κ2) is 5.09. The summed E-state index contributed by atoms with van der Waals surface area (Å²) in [4.78, 5) is 1.19. The van der Waals surface area contributed by atoms with E-state index in [0.29, 0.717) is 0 Å². The van der Waals surface area contributed by atoms with Crippen molar-refractivity contribution >= 4 is 23.4 Å². The average molecular weight is 183 g/mol. The predicted octanol–water partition coefficient (Wildman–Crippen LogP) is 3.64. The van der Waals surface area contributed by atoms with Crippen molar-refractivity contribution in [2.45, 2.75) is 4.90 Å². The summed E-state index contributed by atoms with van der Waals surface area (Å²) in [6.45, 7) is 0. The first-order valence-corrected chi connectivity index (χ1v) is 4.46. The molecule has 0 unspecified atom stereocenters. The lowest BCUT2D eigenvalue weighted by molar-refractivity contribution is 1.47. The Morgan fingerprint density at radius 3 is 2.64 bits per heavy atom. The van der Waals surface area contributed by atoms with Crippen LogP contribution in [0, 0.1) is 0 Å². The average Bonchev–Trinajstić information content (AvgIpc) is 2.07. The number of rotatable bonds is 2. The van der Waals surface area contributed by atoms with Crippen molar-refractivity contribution in [3.05, 3.63) is 47.0 Å². The van der Waals surface area contributed by atoms with Crippen molar-refractivity contribution in [3.63, 3.8) is 0 Å². The lowest BCUT2D eigenvalue weighted by atomic mass is 10.4. The summed E-state index contributed by atoms with van der Waals surface area (Å²) < 4.78 is 0. The second-order valence-electron chi connectivity index (χ2n) is 1.82. The molecule has 0 spiro atoms. The maximum atomic E-state index is 5.29. The molecule has 11 heavy (non-hydrogen) atoms. The van der Waals surface area contributed by atoms with Crippen LogP contribution in [0.25, 0.3) is 0 Å². The third-order valence-electron chi connectivity index (χ3n) is 1.07. The first kappa shape index (κ1) is 8.48. The van der Waals surface area contributed by atoms with Crippen LogP contribution in [0.5, 0.6) is 0 Å². The van der Waals surface area contributed by atoms with Crippen molar-refractivity contribution in [1.82, 2.24) is 0 Å². The van der Waals surface area contributed by atoms with Crippen LogP contribution in [0.3, 0.4) is 0 Å². The fraction of sp³-hybridized carbons (Fsp3) is 0. The Labute approximate surface area is 75.6 Å². The summed E-state index contributed by atoms with van der Waals surface area (Å²) >= 11 is 6.88. The molecular weight excluding hydrogens is 176 g/mol. The molecule has 1 rings (SSSR count). The molecule has 0 fully saturated rings. The molecule has 0 aliphatic carbocycles. The van der Waals surface area contributed by atoms with Crippen molar-refractivity contribution in [2.75, 3.05) is 0 Å². The highest BCUT2D eigenvalue weighted by atomic mass is 35.5. The van der Waals surface area contributed by atoms with E-state index < -0.39 is 0 Å². The van der Waals surface area contributed by atoms with E-state index in [0.717, 1.165) is 0 Å². The van der Waals surface area contributed by atoms with Crippen LogP contribution >= 0.6 is 23.4 Å². The van der Waals surface area contributed by atoms with Crippen LogP contribution in [-0.2, 0) is 0 Å². The van der Waals surface area contributed by atoms with Crippen molar-refractivity contribution in [2.24, 2.45) is 0 Å². The zero-order valence-corrected chi connectivity index (χ0v) is 7.40. The zero-order chi connectivity index (χ0) is 7.94. The van der Waals surface area contributed by atoms with Crippen LogP contribution in [0.15, 0.2) is 51.9 Å². The molecule has 0 amide bonds. The fourth-order valence-electron chi connectivity index (χ4n) is 0.627. The van der Waals surface area contributed by atoms with Gasteiger partial charge in [0.25, 0.3) is 0 Å². The Morgan fingerprint density at radius 1 is 1.27 bits per heavy atom. The Hall–Kier alpha value is -0.620. The maximum absolute atomic E-state index is 5.29. The van der Waals surface area contributed by atoms with Gasteiger partial charge in [-0.15, -0.1) is 5.73 Å². The predicted molar refractivity (Wildman–Crippen MR) is 50.8 cm³/mol. The number of hydrogen-bond acceptors (Lipinski definition) is 1. The van der Waals surface area contributed by atoms with E-state index in [4.69, 9.17) is 11.6 Å². The Morgan fingerprint density at radius 2 is 2.00 bits per heavy atom. The largest absolute Gasteiger partial charge is 0.101 e. The van der Waals surface area contributed by atoms with E-state index in [2.05, 4.69) is 5.73 Å². The summed E-state index contributed by atoms with van der Waals surface area (Å²) in [5, 5.41) is 1.82. The summed E-state index contributed by atoms with van der Waals surface area (Å²) in [7, 11) is 0. The van der Waals surface area contributed by atoms with E-state index >= 15 is 0 Å². The minimum absolute atomic E-state index is 1.19. The van der Waals surface area contributed by atoms with E-state index in [1.54, 1.807) is 11.8 Å². The molecular formula is C9H7ClS. The van der Waals surface area contributed by atoms with Gasteiger partial charge in [-0.25, -0.2) is 0 Å². The highest BCUT2D eigenvalue weighted by Crippen LogP contribution is 2.16. The Bertz CT molecular complexity index is 260. The molecule has 0 saturated heterocycles. The molecule has 0 atom stereocenters. The molecule has 0 aliphatic heterocycles.